The van der Waals surface area contributed by atoms with E-state index in [0.29, 0.717) is 0 Å². The summed E-state index contributed by atoms with van der Waals surface area (Å²) < 4.78 is 4.82. The zero-order valence-corrected chi connectivity index (χ0v) is 10.2. The van der Waals surface area contributed by atoms with Gasteiger partial charge in [0.05, 0.1) is 0 Å². The van der Waals surface area contributed by atoms with Gasteiger partial charge in [0.1, 0.15) is 6.61 Å². The average molecular weight is 220 g/mol. The maximum atomic E-state index is 11.5. The van der Waals surface area contributed by atoms with E-state index < -0.39 is 0 Å². The number of hydrogen-bond donors (Lipinski definition) is 0. The van der Waals surface area contributed by atoms with E-state index in [4.69, 9.17) is 4.74 Å². The highest BCUT2D eigenvalue weighted by Gasteiger charge is 2.04. The van der Waals surface area contributed by atoms with Crippen molar-refractivity contribution in [2.75, 3.05) is 13.7 Å². The summed E-state index contributed by atoms with van der Waals surface area (Å²) in [6.45, 7) is 2.36. The first-order valence-corrected chi connectivity index (χ1v) is 5.89. The fourth-order valence-corrected chi connectivity index (χ4v) is 1.65. The van der Waals surface area contributed by atoms with Gasteiger partial charge in [-0.2, -0.15) is 0 Å². The quantitative estimate of drug-likeness (QED) is 0.521. The van der Waals surface area contributed by atoms with Crippen molar-refractivity contribution < 1.29 is 9.53 Å². The van der Waals surface area contributed by atoms with E-state index in [1.54, 1.807) is 0 Å². The molecule has 0 amide bonds. The number of carbonyl (C=O) groups excluding carboxylic acids is 1. The van der Waals surface area contributed by atoms with Crippen molar-refractivity contribution >= 4 is 5.78 Å². The van der Waals surface area contributed by atoms with Crippen LogP contribution in [0.3, 0.4) is 0 Å². The number of methoxy groups -OCH3 is 1. The van der Waals surface area contributed by atoms with Crippen LogP contribution in [0, 0.1) is 0 Å². The lowest BCUT2D eigenvalue weighted by Gasteiger charge is -2.03. The molecule has 88 valence electrons. The second-order valence-corrected chi connectivity index (χ2v) is 4.01. The minimum atomic E-state index is 0.0441. The Kier molecular flexibility index (Phi) is 5.79. The highest BCUT2D eigenvalue weighted by atomic mass is 16.5. The molecule has 0 unspecified atom stereocenters. The van der Waals surface area contributed by atoms with Crippen LogP contribution in [0.4, 0.5) is 0 Å². The fraction of sp³-hybridized carbons (Fsp3) is 0.500. The first kappa shape index (κ1) is 12.9. The van der Waals surface area contributed by atoms with E-state index in [-0.39, 0.29) is 12.4 Å². The molecule has 0 N–H and O–H groups in total. The number of benzene rings is 1. The summed E-state index contributed by atoms with van der Waals surface area (Å²) in [6, 6.07) is 7.86. The molecule has 2 nitrogen and oxygen atoms in total. The monoisotopic (exact) mass is 220 g/mol. The van der Waals surface area contributed by atoms with Crippen molar-refractivity contribution in [1.29, 1.82) is 0 Å². The Morgan fingerprint density at radius 3 is 2.44 bits per heavy atom. The molecule has 0 aliphatic heterocycles. The van der Waals surface area contributed by atoms with Crippen molar-refractivity contribution in [3.05, 3.63) is 35.4 Å². The minimum Gasteiger partial charge on any atom is -0.377 e. The lowest BCUT2D eigenvalue weighted by molar-refractivity contribution is 0.0848. The first-order chi connectivity index (χ1) is 7.77. The predicted molar refractivity (Wildman–Crippen MR) is 65.9 cm³/mol. The molecule has 16 heavy (non-hydrogen) atoms. The van der Waals surface area contributed by atoms with Gasteiger partial charge in [0, 0.05) is 12.7 Å². The van der Waals surface area contributed by atoms with Gasteiger partial charge in [-0.25, -0.2) is 0 Å². The van der Waals surface area contributed by atoms with Gasteiger partial charge >= 0.3 is 0 Å². The second-order valence-electron chi connectivity index (χ2n) is 4.01. The smallest absolute Gasteiger partial charge is 0.188 e. The Morgan fingerprint density at radius 2 is 1.88 bits per heavy atom. The molecule has 0 bridgehead atoms. The molecule has 2 heteroatoms. The molecule has 0 aliphatic carbocycles. The molecule has 1 aromatic rings. The molecule has 0 heterocycles. The number of rotatable bonds is 7. The Hall–Kier alpha value is -1.15. The van der Waals surface area contributed by atoms with Gasteiger partial charge in [0.25, 0.3) is 0 Å². The van der Waals surface area contributed by atoms with Crippen molar-refractivity contribution in [2.45, 2.75) is 32.6 Å². The van der Waals surface area contributed by atoms with E-state index >= 15 is 0 Å². The zero-order valence-electron chi connectivity index (χ0n) is 10.2. The SMILES string of the molecule is CCCCCc1ccc(C(=O)COC)cc1. The number of aryl methyl sites for hydroxylation is 1. The van der Waals surface area contributed by atoms with Crippen molar-refractivity contribution in [2.24, 2.45) is 0 Å². The number of Topliss-reactive ketones (excluding diaryl/α,β-unsaturated/α-hetero) is 1. The normalized spacial score (nSPS) is 10.4. The topological polar surface area (TPSA) is 26.3 Å². The lowest BCUT2D eigenvalue weighted by Crippen LogP contribution is -2.06. The molecule has 0 saturated heterocycles. The Morgan fingerprint density at radius 1 is 1.19 bits per heavy atom. The standard InChI is InChI=1S/C14H20O2/c1-3-4-5-6-12-7-9-13(10-8-12)14(15)11-16-2/h7-10H,3-6,11H2,1-2H3. The first-order valence-electron chi connectivity index (χ1n) is 5.89. The fourth-order valence-electron chi connectivity index (χ4n) is 1.65. The lowest BCUT2D eigenvalue weighted by atomic mass is 10.0. The van der Waals surface area contributed by atoms with Crippen molar-refractivity contribution in [3.63, 3.8) is 0 Å². The number of carbonyl (C=O) groups is 1. The van der Waals surface area contributed by atoms with Gasteiger partial charge in [-0.15, -0.1) is 0 Å². The van der Waals surface area contributed by atoms with Crippen LogP contribution in [-0.2, 0) is 11.2 Å². The summed E-state index contributed by atoms with van der Waals surface area (Å²) in [7, 11) is 1.54. The molecular formula is C14H20O2. The number of unbranched alkanes of at least 4 members (excludes halogenated alkanes) is 2. The van der Waals surface area contributed by atoms with Crippen LogP contribution in [0.25, 0.3) is 0 Å². The zero-order chi connectivity index (χ0) is 11.8. The Balaban J connectivity index is 2.50. The van der Waals surface area contributed by atoms with Gasteiger partial charge in [-0.1, -0.05) is 44.0 Å². The van der Waals surface area contributed by atoms with E-state index in [9.17, 15) is 4.79 Å². The Bertz CT molecular complexity index is 314. The van der Waals surface area contributed by atoms with E-state index in [2.05, 4.69) is 6.92 Å². The average Bonchev–Trinajstić information content (AvgIpc) is 2.30. The number of ether oxygens (including phenoxy) is 1. The van der Waals surface area contributed by atoms with Crippen molar-refractivity contribution in [3.8, 4) is 0 Å². The number of hydrogen-bond acceptors (Lipinski definition) is 2. The van der Waals surface area contributed by atoms with Crippen LogP contribution >= 0.6 is 0 Å². The maximum Gasteiger partial charge on any atom is 0.188 e. The molecule has 0 radical (unpaired) electrons. The predicted octanol–water partition coefficient (Wildman–Crippen LogP) is 3.25. The summed E-state index contributed by atoms with van der Waals surface area (Å²) in [5.41, 5.74) is 2.04. The molecule has 0 saturated carbocycles. The van der Waals surface area contributed by atoms with E-state index in [1.807, 2.05) is 24.3 Å². The van der Waals surface area contributed by atoms with Crippen LogP contribution in [0.2, 0.25) is 0 Å². The summed E-state index contributed by atoms with van der Waals surface area (Å²) in [5, 5.41) is 0. The molecule has 0 spiro atoms. The molecule has 0 fully saturated rings. The van der Waals surface area contributed by atoms with Gasteiger partial charge in [0.15, 0.2) is 5.78 Å². The maximum absolute atomic E-state index is 11.5. The third kappa shape index (κ3) is 4.15. The molecular weight excluding hydrogens is 200 g/mol. The largest absolute Gasteiger partial charge is 0.377 e. The van der Waals surface area contributed by atoms with E-state index in [0.717, 1.165) is 12.0 Å². The highest BCUT2D eigenvalue weighted by molar-refractivity contribution is 5.97. The highest BCUT2D eigenvalue weighted by Crippen LogP contribution is 2.09. The Labute approximate surface area is 97.6 Å². The summed E-state index contributed by atoms with van der Waals surface area (Å²) in [4.78, 5) is 11.5. The molecule has 0 aromatic heterocycles. The summed E-state index contributed by atoms with van der Waals surface area (Å²) >= 11 is 0. The van der Waals surface area contributed by atoms with Gasteiger partial charge in [-0.05, 0) is 18.4 Å². The molecule has 1 aromatic carbocycles. The molecule has 1 rings (SSSR count). The third-order valence-corrected chi connectivity index (χ3v) is 2.62. The summed E-state index contributed by atoms with van der Waals surface area (Å²) in [5.74, 6) is 0.0441. The van der Waals surface area contributed by atoms with Gasteiger partial charge in [0.2, 0.25) is 0 Å². The molecule has 0 atom stereocenters. The second kappa shape index (κ2) is 7.18. The van der Waals surface area contributed by atoms with Crippen LogP contribution < -0.4 is 0 Å². The van der Waals surface area contributed by atoms with Crippen LogP contribution in [0.5, 0.6) is 0 Å². The van der Waals surface area contributed by atoms with E-state index in [1.165, 1.54) is 31.9 Å². The van der Waals surface area contributed by atoms with Crippen LogP contribution in [-0.4, -0.2) is 19.5 Å². The summed E-state index contributed by atoms with van der Waals surface area (Å²) in [6.07, 6.45) is 4.84. The van der Waals surface area contributed by atoms with Crippen molar-refractivity contribution in [1.82, 2.24) is 0 Å². The molecule has 0 aliphatic rings. The van der Waals surface area contributed by atoms with Crippen LogP contribution in [0.1, 0.15) is 42.1 Å². The minimum absolute atomic E-state index is 0.0441. The van der Waals surface area contributed by atoms with Gasteiger partial charge in [-0.3, -0.25) is 4.79 Å². The van der Waals surface area contributed by atoms with Gasteiger partial charge < -0.3 is 4.74 Å². The third-order valence-electron chi connectivity index (χ3n) is 2.62. The van der Waals surface area contributed by atoms with Crippen LogP contribution in [0.15, 0.2) is 24.3 Å². The number of ketones is 1.